The fourth-order valence-electron chi connectivity index (χ4n) is 6.38. The van der Waals surface area contributed by atoms with Crippen molar-refractivity contribution in [3.05, 3.63) is 105 Å². The van der Waals surface area contributed by atoms with Crippen molar-refractivity contribution in [1.29, 1.82) is 5.26 Å². The van der Waals surface area contributed by atoms with Gasteiger partial charge in [-0.1, -0.05) is 53.5 Å². The third-order valence-electron chi connectivity index (χ3n) is 9.15. The molecule has 50 heavy (non-hydrogen) atoms. The van der Waals surface area contributed by atoms with Crippen molar-refractivity contribution in [2.75, 3.05) is 33.4 Å². The molecule has 3 aromatic carbocycles. The zero-order valence-corrected chi connectivity index (χ0v) is 29.7. The molecule has 6 rings (SSSR count). The van der Waals surface area contributed by atoms with Gasteiger partial charge in [-0.15, -0.1) is 0 Å². The van der Waals surface area contributed by atoms with E-state index >= 15 is 0 Å². The second kappa shape index (κ2) is 16.6. The lowest BCUT2D eigenvalue weighted by Gasteiger charge is -2.29. The van der Waals surface area contributed by atoms with Crippen molar-refractivity contribution in [1.82, 2.24) is 15.2 Å². The lowest BCUT2D eigenvalue weighted by molar-refractivity contribution is -0.137. The Labute approximate surface area is 303 Å². The molecule has 9 nitrogen and oxygen atoms in total. The predicted molar refractivity (Wildman–Crippen MR) is 193 cm³/mol. The van der Waals surface area contributed by atoms with Crippen molar-refractivity contribution in [2.45, 2.75) is 52.0 Å². The van der Waals surface area contributed by atoms with E-state index in [9.17, 15) is 10.1 Å². The van der Waals surface area contributed by atoms with Gasteiger partial charge in [-0.3, -0.25) is 9.78 Å². The van der Waals surface area contributed by atoms with E-state index in [2.05, 4.69) is 41.3 Å². The SMILES string of the molecule is Cc1c(COc2cc(OCc3cncc(C#N)c3)c(CN[C@@H]3COC(=O)C3)cc2Cl)cccc1-c1cccc(OCC2CCCN(C)C2)c1Cl. The summed E-state index contributed by atoms with van der Waals surface area (Å²) >= 11 is 13.7. The molecule has 2 aliphatic heterocycles. The van der Waals surface area contributed by atoms with E-state index in [0.717, 1.165) is 52.9 Å². The van der Waals surface area contributed by atoms with Crippen LogP contribution >= 0.6 is 23.2 Å². The number of cyclic esters (lactones) is 1. The monoisotopic (exact) mass is 714 g/mol. The summed E-state index contributed by atoms with van der Waals surface area (Å²) in [5, 5.41) is 13.7. The second-order valence-corrected chi connectivity index (χ2v) is 13.7. The maximum Gasteiger partial charge on any atom is 0.307 e. The van der Waals surface area contributed by atoms with Gasteiger partial charge in [-0.25, -0.2) is 0 Å². The van der Waals surface area contributed by atoms with Gasteiger partial charge in [0, 0.05) is 54.2 Å². The van der Waals surface area contributed by atoms with E-state index < -0.39 is 0 Å². The molecule has 0 amide bonds. The van der Waals surface area contributed by atoms with Crippen molar-refractivity contribution in [2.24, 2.45) is 5.92 Å². The van der Waals surface area contributed by atoms with Crippen LogP contribution in [0.4, 0.5) is 0 Å². The first kappa shape index (κ1) is 35.5. The van der Waals surface area contributed by atoms with Crippen LogP contribution in [-0.2, 0) is 29.3 Å². The van der Waals surface area contributed by atoms with E-state index in [-0.39, 0.29) is 25.2 Å². The molecule has 0 bridgehead atoms. The topological polar surface area (TPSA) is 106 Å². The third-order valence-corrected chi connectivity index (χ3v) is 9.84. The zero-order chi connectivity index (χ0) is 35.0. The molecule has 11 heteroatoms. The summed E-state index contributed by atoms with van der Waals surface area (Å²) in [5.74, 6) is 1.96. The first-order valence-corrected chi connectivity index (χ1v) is 17.5. The molecule has 0 saturated carbocycles. The van der Waals surface area contributed by atoms with Crippen molar-refractivity contribution in [3.8, 4) is 34.4 Å². The summed E-state index contributed by atoms with van der Waals surface area (Å²) < 4.78 is 23.9. The summed E-state index contributed by atoms with van der Waals surface area (Å²) in [7, 11) is 2.15. The van der Waals surface area contributed by atoms with Gasteiger partial charge in [0.15, 0.2) is 0 Å². The van der Waals surface area contributed by atoms with Gasteiger partial charge in [0.2, 0.25) is 0 Å². The predicted octanol–water partition coefficient (Wildman–Crippen LogP) is 7.52. The van der Waals surface area contributed by atoms with Gasteiger partial charge >= 0.3 is 5.97 Å². The highest BCUT2D eigenvalue weighted by molar-refractivity contribution is 6.35. The minimum atomic E-state index is -0.226. The average molecular weight is 716 g/mol. The van der Waals surface area contributed by atoms with Crippen LogP contribution in [0.25, 0.3) is 11.1 Å². The van der Waals surface area contributed by atoms with Gasteiger partial charge in [0.1, 0.15) is 43.1 Å². The summed E-state index contributed by atoms with van der Waals surface area (Å²) in [6, 6.07) is 19.3. The fourth-order valence-corrected chi connectivity index (χ4v) is 6.90. The summed E-state index contributed by atoms with van der Waals surface area (Å²) in [6.07, 6.45) is 5.81. The molecule has 1 unspecified atom stereocenters. The summed E-state index contributed by atoms with van der Waals surface area (Å²) in [6.45, 7) is 6.01. The molecule has 0 radical (unpaired) electrons. The zero-order valence-electron chi connectivity index (χ0n) is 28.2. The fraction of sp³-hybridized carbons (Fsp3) is 0.359. The number of nitrogens with one attached hydrogen (secondary N) is 1. The van der Waals surface area contributed by atoms with Crippen LogP contribution in [0, 0.1) is 24.2 Å². The van der Waals surface area contributed by atoms with E-state index in [1.54, 1.807) is 24.4 Å². The number of hydrogen-bond acceptors (Lipinski definition) is 9. The van der Waals surface area contributed by atoms with Crippen LogP contribution in [-0.4, -0.2) is 55.2 Å². The number of halogens is 2. The molecule has 2 aliphatic rings. The maximum absolute atomic E-state index is 11.6. The number of benzene rings is 3. The van der Waals surface area contributed by atoms with E-state index in [4.69, 9.17) is 42.1 Å². The average Bonchev–Trinajstić information content (AvgIpc) is 3.54. The van der Waals surface area contributed by atoms with Crippen LogP contribution in [0.5, 0.6) is 17.2 Å². The number of nitrogens with zero attached hydrogens (tertiary/aromatic N) is 3. The molecule has 4 aromatic rings. The molecule has 0 spiro atoms. The highest BCUT2D eigenvalue weighted by Gasteiger charge is 2.24. The van der Waals surface area contributed by atoms with Crippen LogP contribution in [0.2, 0.25) is 10.0 Å². The molecule has 2 fully saturated rings. The standard InChI is InChI=1S/C39H40Cl2N4O5/c1-25-29(7-3-8-32(25)33-9-4-10-35(39(33)41)47-21-26-6-5-11-45(2)20-26)23-49-37-15-36(48-22-28-12-27(16-42)17-43-18-28)30(13-34(37)40)19-44-31-14-38(46)50-24-31/h3-4,7-10,12-13,15,17-18,26,31,44H,5-6,11,14,19-24H2,1-2H3/t26?,31-/m0/s1. The summed E-state index contributed by atoms with van der Waals surface area (Å²) in [5.41, 5.74) is 5.90. The minimum absolute atomic E-state index is 0.100. The Morgan fingerprint density at radius 3 is 2.62 bits per heavy atom. The molecule has 2 atom stereocenters. The Hall–Kier alpha value is -4.33. The number of piperidine rings is 1. The van der Waals surface area contributed by atoms with Crippen molar-refractivity contribution in [3.63, 3.8) is 0 Å². The number of hydrogen-bond donors (Lipinski definition) is 1. The number of nitriles is 1. The first-order chi connectivity index (χ1) is 24.3. The van der Waals surface area contributed by atoms with Crippen LogP contribution < -0.4 is 19.5 Å². The third kappa shape index (κ3) is 8.87. The number of likely N-dealkylation sites (tertiary alicyclic amines) is 1. The van der Waals surface area contributed by atoms with Gasteiger partial charge in [0.05, 0.1) is 34.7 Å². The number of carbonyl (C=O) groups is 1. The molecule has 2 saturated heterocycles. The molecule has 1 aromatic heterocycles. The van der Waals surface area contributed by atoms with Gasteiger partial charge in [0.25, 0.3) is 0 Å². The minimum Gasteiger partial charge on any atom is -0.492 e. The van der Waals surface area contributed by atoms with Crippen LogP contribution in [0.15, 0.2) is 67.0 Å². The van der Waals surface area contributed by atoms with Gasteiger partial charge < -0.3 is 29.2 Å². The highest BCUT2D eigenvalue weighted by Crippen LogP contribution is 2.39. The number of pyridine rings is 1. The smallest absolute Gasteiger partial charge is 0.307 e. The van der Waals surface area contributed by atoms with Crippen molar-refractivity contribution < 1.29 is 23.7 Å². The quantitative estimate of drug-likeness (QED) is 0.141. The van der Waals surface area contributed by atoms with Gasteiger partial charge in [-0.05, 0) is 68.2 Å². The molecular weight excluding hydrogens is 675 g/mol. The van der Waals surface area contributed by atoms with Crippen molar-refractivity contribution >= 4 is 29.2 Å². The Morgan fingerprint density at radius 1 is 1.00 bits per heavy atom. The molecular formula is C39H40Cl2N4O5. The maximum atomic E-state index is 11.6. The van der Waals surface area contributed by atoms with Crippen LogP contribution in [0.3, 0.4) is 0 Å². The van der Waals surface area contributed by atoms with Crippen LogP contribution in [0.1, 0.15) is 47.1 Å². The lowest BCUT2D eigenvalue weighted by atomic mass is 9.96. The largest absolute Gasteiger partial charge is 0.492 e. The second-order valence-electron chi connectivity index (χ2n) is 12.9. The number of rotatable bonds is 13. The van der Waals surface area contributed by atoms with E-state index in [1.807, 2.05) is 30.3 Å². The molecule has 0 aliphatic carbocycles. The number of esters is 1. The molecule has 3 heterocycles. The highest BCUT2D eigenvalue weighted by atomic mass is 35.5. The van der Waals surface area contributed by atoms with E-state index in [0.29, 0.717) is 65.0 Å². The molecule has 260 valence electrons. The van der Waals surface area contributed by atoms with E-state index in [1.165, 1.54) is 12.6 Å². The number of aromatic nitrogens is 1. The Morgan fingerprint density at radius 2 is 1.82 bits per heavy atom. The Kier molecular flexibility index (Phi) is 11.8. The number of ether oxygens (including phenoxy) is 4. The summed E-state index contributed by atoms with van der Waals surface area (Å²) in [4.78, 5) is 18.1. The number of carbonyl (C=O) groups excluding carboxylic acids is 1. The molecule has 1 N–H and O–H groups in total. The lowest BCUT2D eigenvalue weighted by Crippen LogP contribution is -2.34. The first-order valence-electron chi connectivity index (χ1n) is 16.8. The van der Waals surface area contributed by atoms with Gasteiger partial charge in [-0.2, -0.15) is 5.26 Å². The Balaban J connectivity index is 1.18. The Bertz CT molecular complexity index is 1880. The normalized spacial score (nSPS) is 17.6.